The number of aromatic nitrogens is 1. The van der Waals surface area contributed by atoms with Crippen LogP contribution in [0.2, 0.25) is 0 Å². The summed E-state index contributed by atoms with van der Waals surface area (Å²) in [7, 11) is -3.26. The maximum atomic E-state index is 11.7. The number of hydrogen-bond acceptors (Lipinski definition) is 3. The van der Waals surface area contributed by atoms with Gasteiger partial charge >= 0.3 is 0 Å². The van der Waals surface area contributed by atoms with Crippen molar-refractivity contribution in [1.82, 2.24) is 14.0 Å². The Bertz CT molecular complexity index is 481. The van der Waals surface area contributed by atoms with Crippen LogP contribution in [0.5, 0.6) is 0 Å². The molecule has 1 saturated heterocycles. The average molecular weight is 255 g/mol. The molecule has 0 saturated carbocycles. The lowest BCUT2D eigenvalue weighted by molar-refractivity contribution is 0.488. The largest absolute Gasteiger partial charge is 0.279 e. The third-order valence-electron chi connectivity index (χ3n) is 2.90. The number of nitrogens with zero attached hydrogens (tertiary/aromatic N) is 2. The lowest BCUT2D eigenvalue weighted by Crippen LogP contribution is -2.39. The number of pyridine rings is 1. The fourth-order valence-corrected chi connectivity index (χ4v) is 2.84. The van der Waals surface area contributed by atoms with Crippen molar-refractivity contribution in [1.29, 1.82) is 0 Å². The van der Waals surface area contributed by atoms with Crippen molar-refractivity contribution >= 4 is 10.2 Å². The van der Waals surface area contributed by atoms with E-state index in [1.807, 2.05) is 26.0 Å². The zero-order valence-corrected chi connectivity index (χ0v) is 10.9. The van der Waals surface area contributed by atoms with Gasteiger partial charge in [-0.25, -0.2) is 4.72 Å². The summed E-state index contributed by atoms with van der Waals surface area (Å²) in [5, 5.41) is 0. The number of rotatable bonds is 5. The Hall–Kier alpha value is -0.980. The molecule has 17 heavy (non-hydrogen) atoms. The minimum Gasteiger partial charge on any atom is -0.265 e. The Labute approximate surface area is 102 Å². The van der Waals surface area contributed by atoms with E-state index < -0.39 is 10.2 Å². The lowest BCUT2D eigenvalue weighted by Gasteiger charge is -2.25. The molecule has 0 spiro atoms. The van der Waals surface area contributed by atoms with Gasteiger partial charge in [0, 0.05) is 37.4 Å². The Kier molecular flexibility index (Phi) is 3.20. The van der Waals surface area contributed by atoms with Crippen LogP contribution in [0.3, 0.4) is 0 Å². The van der Waals surface area contributed by atoms with Crippen LogP contribution in [0.25, 0.3) is 0 Å². The van der Waals surface area contributed by atoms with E-state index in [-0.39, 0.29) is 5.41 Å². The molecular formula is C11H17N3O2S. The molecule has 1 N–H and O–H groups in total. The molecule has 1 fully saturated rings. The minimum atomic E-state index is -3.26. The predicted octanol–water partition coefficient (Wildman–Crippen LogP) is 0.509. The minimum absolute atomic E-state index is 0.244. The van der Waals surface area contributed by atoms with Gasteiger partial charge in [0.2, 0.25) is 0 Å². The third kappa shape index (κ3) is 3.02. The zero-order chi connectivity index (χ0) is 12.5. The molecule has 0 bridgehead atoms. The fourth-order valence-electron chi connectivity index (χ4n) is 1.55. The van der Waals surface area contributed by atoms with Gasteiger partial charge in [-0.1, -0.05) is 13.8 Å². The third-order valence-corrected chi connectivity index (χ3v) is 4.46. The van der Waals surface area contributed by atoms with Gasteiger partial charge in [0.05, 0.1) is 0 Å². The molecule has 2 rings (SSSR count). The second-order valence-corrected chi connectivity index (χ2v) is 6.60. The van der Waals surface area contributed by atoms with Gasteiger partial charge < -0.3 is 0 Å². The molecule has 0 aliphatic carbocycles. The van der Waals surface area contributed by atoms with Crippen LogP contribution in [0, 0.1) is 0 Å². The highest BCUT2D eigenvalue weighted by atomic mass is 32.2. The van der Waals surface area contributed by atoms with Gasteiger partial charge in [-0.05, 0) is 17.7 Å². The zero-order valence-electron chi connectivity index (χ0n) is 10.0. The van der Waals surface area contributed by atoms with Crippen LogP contribution in [-0.4, -0.2) is 37.3 Å². The van der Waals surface area contributed by atoms with Crippen molar-refractivity contribution in [3.05, 3.63) is 30.1 Å². The van der Waals surface area contributed by atoms with Gasteiger partial charge in [-0.2, -0.15) is 12.7 Å². The maximum absolute atomic E-state index is 11.7. The Morgan fingerprint density at radius 3 is 2.47 bits per heavy atom. The van der Waals surface area contributed by atoms with E-state index in [0.29, 0.717) is 19.6 Å². The summed E-state index contributed by atoms with van der Waals surface area (Å²) in [4.78, 5) is 3.96. The summed E-state index contributed by atoms with van der Waals surface area (Å²) in [6.07, 6.45) is 3.44. The van der Waals surface area contributed by atoms with Crippen molar-refractivity contribution in [2.24, 2.45) is 0 Å². The first-order valence-electron chi connectivity index (χ1n) is 5.57. The molecule has 0 radical (unpaired) electrons. The fraction of sp³-hybridized carbons (Fsp3) is 0.545. The van der Waals surface area contributed by atoms with Gasteiger partial charge in [-0.15, -0.1) is 0 Å². The molecule has 0 amide bonds. The van der Waals surface area contributed by atoms with Crippen molar-refractivity contribution in [2.75, 3.05) is 19.6 Å². The molecule has 1 aliphatic rings. The molecule has 1 aromatic heterocycles. The van der Waals surface area contributed by atoms with E-state index in [1.165, 1.54) is 4.31 Å². The van der Waals surface area contributed by atoms with E-state index in [9.17, 15) is 8.42 Å². The average Bonchev–Trinajstić information content (AvgIpc) is 3.12. The standard InChI is InChI=1S/C11H17N3O2S/c1-11(2,10-3-5-12-6-4-10)9-13-17(15,16)14-7-8-14/h3-6,13H,7-9H2,1-2H3. The first kappa shape index (κ1) is 12.5. The lowest BCUT2D eigenvalue weighted by atomic mass is 9.86. The van der Waals surface area contributed by atoms with Crippen LogP contribution < -0.4 is 4.72 Å². The summed E-state index contributed by atoms with van der Waals surface area (Å²) in [5.74, 6) is 0. The van der Waals surface area contributed by atoms with Crippen LogP contribution in [0.1, 0.15) is 19.4 Å². The van der Waals surface area contributed by atoms with Crippen LogP contribution in [0.15, 0.2) is 24.5 Å². The Morgan fingerprint density at radius 2 is 1.94 bits per heavy atom. The van der Waals surface area contributed by atoms with E-state index in [2.05, 4.69) is 9.71 Å². The van der Waals surface area contributed by atoms with E-state index in [0.717, 1.165) is 5.56 Å². The molecule has 0 atom stereocenters. The van der Waals surface area contributed by atoms with Crippen LogP contribution >= 0.6 is 0 Å². The highest BCUT2D eigenvalue weighted by molar-refractivity contribution is 7.87. The van der Waals surface area contributed by atoms with Crippen molar-refractivity contribution in [3.63, 3.8) is 0 Å². The summed E-state index contributed by atoms with van der Waals surface area (Å²) in [6, 6.07) is 3.82. The second-order valence-electron chi connectivity index (χ2n) is 4.84. The number of hydrogen-bond donors (Lipinski definition) is 1. The summed E-state index contributed by atoms with van der Waals surface area (Å²) >= 11 is 0. The van der Waals surface area contributed by atoms with E-state index >= 15 is 0 Å². The van der Waals surface area contributed by atoms with Gasteiger partial charge in [-0.3, -0.25) is 4.98 Å². The molecule has 2 heterocycles. The topological polar surface area (TPSA) is 62.1 Å². The normalized spacial score (nSPS) is 17.1. The second kappa shape index (κ2) is 4.36. The first-order valence-corrected chi connectivity index (χ1v) is 7.01. The summed E-state index contributed by atoms with van der Waals surface area (Å²) in [6.45, 7) is 5.66. The van der Waals surface area contributed by atoms with Gasteiger partial charge in [0.15, 0.2) is 0 Å². The molecule has 1 aromatic rings. The molecule has 0 unspecified atom stereocenters. The highest BCUT2D eigenvalue weighted by Crippen LogP contribution is 2.22. The molecule has 1 aliphatic heterocycles. The van der Waals surface area contributed by atoms with Crippen molar-refractivity contribution < 1.29 is 8.42 Å². The smallest absolute Gasteiger partial charge is 0.265 e. The van der Waals surface area contributed by atoms with Crippen molar-refractivity contribution in [3.8, 4) is 0 Å². The predicted molar refractivity (Wildman–Crippen MR) is 65.8 cm³/mol. The Morgan fingerprint density at radius 1 is 1.35 bits per heavy atom. The Balaban J connectivity index is 2.03. The molecule has 94 valence electrons. The first-order chi connectivity index (χ1) is 7.92. The quantitative estimate of drug-likeness (QED) is 0.780. The molecular weight excluding hydrogens is 238 g/mol. The van der Waals surface area contributed by atoms with Crippen LogP contribution in [0.4, 0.5) is 0 Å². The van der Waals surface area contributed by atoms with E-state index in [4.69, 9.17) is 0 Å². The molecule has 5 nitrogen and oxygen atoms in total. The highest BCUT2D eigenvalue weighted by Gasteiger charge is 2.33. The monoisotopic (exact) mass is 255 g/mol. The summed E-state index contributed by atoms with van der Waals surface area (Å²) < 4.78 is 27.4. The van der Waals surface area contributed by atoms with Crippen LogP contribution in [-0.2, 0) is 15.6 Å². The molecule has 0 aromatic carbocycles. The maximum Gasteiger partial charge on any atom is 0.279 e. The summed E-state index contributed by atoms with van der Waals surface area (Å²) in [5.41, 5.74) is 0.826. The van der Waals surface area contributed by atoms with Gasteiger partial charge in [0.25, 0.3) is 10.2 Å². The number of nitrogens with one attached hydrogen (secondary N) is 1. The SMILES string of the molecule is CC(C)(CNS(=O)(=O)N1CC1)c1ccncc1. The molecule has 6 heteroatoms. The van der Waals surface area contributed by atoms with E-state index in [1.54, 1.807) is 12.4 Å². The van der Waals surface area contributed by atoms with Crippen molar-refractivity contribution in [2.45, 2.75) is 19.3 Å². The van der Waals surface area contributed by atoms with Gasteiger partial charge in [0.1, 0.15) is 0 Å².